The molecule has 0 unspecified atom stereocenters. The molecule has 1 fully saturated rings. The molecular weight excluding hydrogens is 366 g/mol. The number of hydrogen-bond acceptors (Lipinski definition) is 4. The fourth-order valence-corrected chi connectivity index (χ4v) is 3.47. The molecule has 7 heteroatoms. The molecule has 2 atom stereocenters. The Morgan fingerprint density at radius 2 is 1.83 bits per heavy atom. The molecule has 1 heterocycles. The van der Waals surface area contributed by atoms with Gasteiger partial charge in [-0.05, 0) is 47.8 Å². The maximum absolute atomic E-state index is 12.8. The summed E-state index contributed by atoms with van der Waals surface area (Å²) in [6, 6.07) is 2.91. The molecule has 0 saturated carbocycles. The number of ether oxygens (including phenoxy) is 2. The van der Waals surface area contributed by atoms with Crippen molar-refractivity contribution < 1.29 is 24.2 Å². The molecule has 0 radical (unpaired) electrons. The fourth-order valence-electron chi connectivity index (χ4n) is 2.92. The number of halogens is 1. The Balaban J connectivity index is 2.34. The number of likely N-dealkylation sites (tertiary alicyclic amines) is 1. The third-order valence-electron chi connectivity index (χ3n) is 4.26. The van der Waals surface area contributed by atoms with Crippen molar-refractivity contribution in [2.75, 3.05) is 20.8 Å². The number of piperidine rings is 1. The summed E-state index contributed by atoms with van der Waals surface area (Å²) in [7, 11) is 3.02. The molecule has 0 aliphatic carbocycles. The summed E-state index contributed by atoms with van der Waals surface area (Å²) < 4.78 is 11.2. The van der Waals surface area contributed by atoms with Crippen molar-refractivity contribution in [1.29, 1.82) is 0 Å². The van der Waals surface area contributed by atoms with E-state index in [4.69, 9.17) is 9.47 Å². The molecule has 1 aliphatic rings. The van der Waals surface area contributed by atoms with Crippen molar-refractivity contribution in [2.24, 2.45) is 5.92 Å². The molecule has 1 amide bonds. The first-order valence-corrected chi connectivity index (χ1v) is 8.15. The normalized spacial score (nSPS) is 21.0. The molecule has 23 heavy (non-hydrogen) atoms. The molecule has 1 N–H and O–H groups in total. The molecule has 0 spiro atoms. The number of benzene rings is 1. The first kappa shape index (κ1) is 17.6. The van der Waals surface area contributed by atoms with Gasteiger partial charge in [0.05, 0.1) is 20.1 Å². The highest BCUT2D eigenvalue weighted by atomic mass is 79.9. The van der Waals surface area contributed by atoms with Crippen LogP contribution >= 0.6 is 15.9 Å². The number of methoxy groups -OCH3 is 2. The maximum Gasteiger partial charge on any atom is 0.308 e. The van der Waals surface area contributed by atoms with Crippen molar-refractivity contribution in [2.45, 2.75) is 25.8 Å². The van der Waals surface area contributed by atoms with E-state index < -0.39 is 11.9 Å². The van der Waals surface area contributed by atoms with Crippen LogP contribution in [0.4, 0.5) is 0 Å². The SMILES string of the molecule is COc1cc(C(=O)N2CCC[C@H](C(=O)O)[C@@H]2C)cc(OC)c1Br. The van der Waals surface area contributed by atoms with Crippen LogP contribution in [-0.2, 0) is 4.79 Å². The minimum Gasteiger partial charge on any atom is -0.495 e. The van der Waals surface area contributed by atoms with Gasteiger partial charge in [0, 0.05) is 18.2 Å². The van der Waals surface area contributed by atoms with E-state index in [1.54, 1.807) is 24.0 Å². The van der Waals surface area contributed by atoms with Crippen LogP contribution in [-0.4, -0.2) is 48.7 Å². The summed E-state index contributed by atoms with van der Waals surface area (Å²) in [5.74, 6) is -0.625. The molecule has 1 aromatic carbocycles. The number of aliphatic carboxylic acids is 1. The van der Waals surface area contributed by atoms with E-state index in [2.05, 4.69) is 15.9 Å². The minimum absolute atomic E-state index is 0.215. The van der Waals surface area contributed by atoms with Gasteiger partial charge in [-0.3, -0.25) is 9.59 Å². The van der Waals surface area contributed by atoms with Crippen LogP contribution in [0.2, 0.25) is 0 Å². The van der Waals surface area contributed by atoms with Crippen LogP contribution in [0.3, 0.4) is 0 Å². The van der Waals surface area contributed by atoms with Crippen LogP contribution in [0.1, 0.15) is 30.1 Å². The van der Waals surface area contributed by atoms with Gasteiger partial charge in [-0.15, -0.1) is 0 Å². The number of amides is 1. The van der Waals surface area contributed by atoms with Crippen LogP contribution < -0.4 is 9.47 Å². The number of carboxylic acids is 1. The quantitative estimate of drug-likeness (QED) is 0.861. The number of rotatable bonds is 4. The van der Waals surface area contributed by atoms with Gasteiger partial charge in [0.15, 0.2) is 0 Å². The zero-order valence-corrected chi connectivity index (χ0v) is 14.9. The molecule has 1 saturated heterocycles. The van der Waals surface area contributed by atoms with Gasteiger partial charge in [0.2, 0.25) is 0 Å². The average molecular weight is 386 g/mol. The molecule has 0 bridgehead atoms. The molecule has 0 aromatic heterocycles. The van der Waals surface area contributed by atoms with Crippen LogP contribution in [0.25, 0.3) is 0 Å². The lowest BCUT2D eigenvalue weighted by atomic mass is 9.90. The summed E-state index contributed by atoms with van der Waals surface area (Å²) in [5, 5.41) is 9.30. The maximum atomic E-state index is 12.8. The van der Waals surface area contributed by atoms with E-state index in [0.29, 0.717) is 40.9 Å². The van der Waals surface area contributed by atoms with E-state index in [1.165, 1.54) is 14.2 Å². The lowest BCUT2D eigenvalue weighted by molar-refractivity contribution is -0.144. The van der Waals surface area contributed by atoms with Gasteiger partial charge in [-0.25, -0.2) is 0 Å². The standard InChI is InChI=1S/C16H20BrNO5/c1-9-11(16(20)21)5-4-6-18(9)15(19)10-7-12(22-2)14(17)13(8-10)23-3/h7-9,11H,4-6H2,1-3H3,(H,20,21)/t9-,11-/m0/s1. The van der Waals surface area contributed by atoms with Gasteiger partial charge in [0.25, 0.3) is 5.91 Å². The smallest absolute Gasteiger partial charge is 0.308 e. The first-order chi connectivity index (χ1) is 10.9. The van der Waals surface area contributed by atoms with Gasteiger partial charge in [-0.1, -0.05) is 0 Å². The number of carbonyl (C=O) groups excluding carboxylic acids is 1. The second-order valence-electron chi connectivity index (χ2n) is 5.52. The Labute approximate surface area is 143 Å². The van der Waals surface area contributed by atoms with Crippen LogP contribution in [0.5, 0.6) is 11.5 Å². The van der Waals surface area contributed by atoms with Crippen LogP contribution in [0, 0.1) is 5.92 Å². The Morgan fingerprint density at radius 3 is 2.30 bits per heavy atom. The van der Waals surface area contributed by atoms with E-state index in [1.807, 2.05) is 0 Å². The van der Waals surface area contributed by atoms with Crippen molar-refractivity contribution in [3.8, 4) is 11.5 Å². The topological polar surface area (TPSA) is 76.1 Å². The summed E-state index contributed by atoms with van der Waals surface area (Å²) in [5.41, 5.74) is 0.416. The third kappa shape index (κ3) is 3.44. The minimum atomic E-state index is -0.860. The van der Waals surface area contributed by atoms with Gasteiger partial charge in [0.1, 0.15) is 16.0 Å². The zero-order valence-electron chi connectivity index (χ0n) is 13.3. The van der Waals surface area contributed by atoms with Crippen molar-refractivity contribution >= 4 is 27.8 Å². The van der Waals surface area contributed by atoms with Crippen molar-refractivity contribution in [3.05, 3.63) is 22.2 Å². The molecule has 1 aromatic rings. The number of carbonyl (C=O) groups is 2. The highest BCUT2D eigenvalue weighted by Gasteiger charge is 2.36. The number of carboxylic acid groups (broad SMARTS) is 1. The summed E-state index contributed by atoms with van der Waals surface area (Å²) in [4.78, 5) is 25.8. The molecule has 126 valence electrons. The monoisotopic (exact) mass is 385 g/mol. The summed E-state index contributed by atoms with van der Waals surface area (Å²) in [6.07, 6.45) is 1.27. The van der Waals surface area contributed by atoms with Crippen molar-refractivity contribution in [3.63, 3.8) is 0 Å². The van der Waals surface area contributed by atoms with Gasteiger partial charge in [-0.2, -0.15) is 0 Å². The van der Waals surface area contributed by atoms with Crippen molar-refractivity contribution in [1.82, 2.24) is 4.90 Å². The zero-order chi connectivity index (χ0) is 17.1. The highest BCUT2D eigenvalue weighted by molar-refractivity contribution is 9.10. The Hall–Kier alpha value is -1.76. The second-order valence-corrected chi connectivity index (χ2v) is 6.31. The van der Waals surface area contributed by atoms with E-state index >= 15 is 0 Å². The second kappa shape index (κ2) is 7.21. The molecule has 1 aliphatic heterocycles. The third-order valence-corrected chi connectivity index (χ3v) is 5.04. The first-order valence-electron chi connectivity index (χ1n) is 7.36. The molecule has 6 nitrogen and oxygen atoms in total. The van der Waals surface area contributed by atoms with E-state index in [-0.39, 0.29) is 11.9 Å². The summed E-state index contributed by atoms with van der Waals surface area (Å²) in [6.45, 7) is 2.33. The molecular formula is C16H20BrNO5. The Morgan fingerprint density at radius 1 is 1.26 bits per heavy atom. The fraction of sp³-hybridized carbons (Fsp3) is 0.500. The van der Waals surface area contributed by atoms with Gasteiger partial charge >= 0.3 is 5.97 Å². The van der Waals surface area contributed by atoms with Crippen LogP contribution in [0.15, 0.2) is 16.6 Å². The lowest BCUT2D eigenvalue weighted by Gasteiger charge is -2.37. The number of nitrogens with zero attached hydrogens (tertiary/aromatic N) is 1. The van der Waals surface area contributed by atoms with E-state index in [0.717, 1.165) is 0 Å². The van der Waals surface area contributed by atoms with E-state index in [9.17, 15) is 14.7 Å². The Bertz CT molecular complexity index is 593. The summed E-state index contributed by atoms with van der Waals surface area (Å²) >= 11 is 3.37. The average Bonchev–Trinajstić information content (AvgIpc) is 2.54. The Kier molecular flexibility index (Phi) is 5.51. The largest absolute Gasteiger partial charge is 0.495 e. The number of hydrogen-bond donors (Lipinski definition) is 1. The molecule has 2 rings (SSSR count). The van der Waals surface area contributed by atoms with Gasteiger partial charge < -0.3 is 19.5 Å². The predicted octanol–water partition coefficient (Wildman–Crippen LogP) is 2.79. The predicted molar refractivity (Wildman–Crippen MR) is 88.1 cm³/mol. The lowest BCUT2D eigenvalue weighted by Crippen LogP contribution is -2.49. The highest BCUT2D eigenvalue weighted by Crippen LogP contribution is 2.36.